The van der Waals surface area contributed by atoms with Gasteiger partial charge in [-0.3, -0.25) is 14.9 Å². The van der Waals surface area contributed by atoms with Crippen molar-refractivity contribution < 1.29 is 33.5 Å². The number of Topliss-reactive ketones (excluding diaryl/α,β-unsaturated/α-hetero) is 1. The Balaban J connectivity index is 2.24. The zero-order valence-electron chi connectivity index (χ0n) is 16.4. The fraction of sp³-hybridized carbons (Fsp3) is 0.316. The summed E-state index contributed by atoms with van der Waals surface area (Å²) in [6.45, 7) is 4.57. The van der Waals surface area contributed by atoms with Gasteiger partial charge in [-0.25, -0.2) is 9.59 Å². The van der Waals surface area contributed by atoms with Crippen molar-refractivity contribution in [2.75, 3.05) is 20.3 Å². The number of aryl methyl sites for hydroxylation is 1. The lowest BCUT2D eigenvalue weighted by Gasteiger charge is -2.08. The van der Waals surface area contributed by atoms with E-state index in [1.807, 2.05) is 0 Å². The second kappa shape index (κ2) is 9.00. The van der Waals surface area contributed by atoms with Crippen molar-refractivity contribution in [2.24, 2.45) is 0 Å². The second-order valence-corrected chi connectivity index (χ2v) is 5.99. The number of nitrogens with one attached hydrogen (secondary N) is 1. The van der Waals surface area contributed by atoms with Crippen LogP contribution in [0.3, 0.4) is 0 Å². The molecule has 1 heterocycles. The molecule has 0 unspecified atom stereocenters. The molecule has 0 fully saturated rings. The van der Waals surface area contributed by atoms with Gasteiger partial charge in [0.2, 0.25) is 5.78 Å². The summed E-state index contributed by atoms with van der Waals surface area (Å²) in [4.78, 5) is 49.5. The van der Waals surface area contributed by atoms with Crippen LogP contribution in [0.2, 0.25) is 0 Å². The first-order valence-corrected chi connectivity index (χ1v) is 8.60. The maximum absolute atomic E-state index is 12.6. The quantitative estimate of drug-likeness (QED) is 0.307. The maximum atomic E-state index is 12.6. The molecule has 10 heteroatoms. The topological polar surface area (TPSA) is 138 Å². The minimum atomic E-state index is -0.735. The van der Waals surface area contributed by atoms with Crippen LogP contribution in [0.1, 0.15) is 49.4 Å². The Labute approximate surface area is 165 Å². The minimum absolute atomic E-state index is 0.0192. The third-order valence-corrected chi connectivity index (χ3v) is 4.13. The van der Waals surface area contributed by atoms with Gasteiger partial charge in [-0.1, -0.05) is 0 Å². The van der Waals surface area contributed by atoms with Crippen molar-refractivity contribution in [1.82, 2.24) is 4.98 Å². The highest BCUT2D eigenvalue weighted by Gasteiger charge is 2.24. The van der Waals surface area contributed by atoms with Crippen LogP contribution in [0.15, 0.2) is 18.2 Å². The summed E-state index contributed by atoms with van der Waals surface area (Å²) in [6.07, 6.45) is 0. The van der Waals surface area contributed by atoms with Crippen LogP contribution in [0.4, 0.5) is 5.69 Å². The lowest BCUT2D eigenvalue weighted by Crippen LogP contribution is -2.14. The summed E-state index contributed by atoms with van der Waals surface area (Å²) in [5, 5.41) is 11.3. The van der Waals surface area contributed by atoms with Gasteiger partial charge in [-0.05, 0) is 38.5 Å². The van der Waals surface area contributed by atoms with E-state index in [9.17, 15) is 24.5 Å². The molecule has 0 saturated carbocycles. The van der Waals surface area contributed by atoms with Crippen LogP contribution in [-0.4, -0.2) is 48.0 Å². The Bertz CT molecular complexity index is 977. The number of benzene rings is 1. The van der Waals surface area contributed by atoms with E-state index >= 15 is 0 Å². The number of nitro groups is 1. The van der Waals surface area contributed by atoms with Gasteiger partial charge in [0.1, 0.15) is 5.69 Å². The van der Waals surface area contributed by atoms with Gasteiger partial charge in [0.05, 0.1) is 24.2 Å². The molecule has 0 bridgehead atoms. The molecule has 29 heavy (non-hydrogen) atoms. The minimum Gasteiger partial charge on any atom is -0.478 e. The normalized spacial score (nSPS) is 10.3. The number of hydrogen-bond acceptors (Lipinski definition) is 8. The third-order valence-electron chi connectivity index (χ3n) is 4.13. The highest BCUT2D eigenvalue weighted by atomic mass is 16.6. The molecule has 0 aliphatic carbocycles. The summed E-state index contributed by atoms with van der Waals surface area (Å²) >= 11 is 0. The number of H-pyrrole nitrogens is 1. The number of ketones is 1. The van der Waals surface area contributed by atoms with E-state index in [1.54, 1.807) is 20.8 Å². The molecular weight excluding hydrogens is 384 g/mol. The number of carbonyl (C=O) groups excluding carboxylic acids is 3. The molecule has 1 N–H and O–H groups in total. The first kappa shape index (κ1) is 21.6. The Morgan fingerprint density at radius 2 is 1.86 bits per heavy atom. The lowest BCUT2D eigenvalue weighted by atomic mass is 10.1. The molecule has 0 saturated heterocycles. The summed E-state index contributed by atoms with van der Waals surface area (Å²) in [5.74, 6) is -1.96. The van der Waals surface area contributed by atoms with Crippen molar-refractivity contribution in [3.63, 3.8) is 0 Å². The molecule has 2 aromatic rings. The number of nitrogens with zero attached hydrogens (tertiary/aromatic N) is 1. The van der Waals surface area contributed by atoms with Gasteiger partial charge in [0.15, 0.2) is 12.4 Å². The van der Waals surface area contributed by atoms with E-state index in [4.69, 9.17) is 9.47 Å². The molecule has 0 aliphatic heterocycles. The molecule has 1 aromatic carbocycles. The molecule has 0 amide bonds. The largest absolute Gasteiger partial charge is 0.478 e. The molecule has 0 spiro atoms. The Morgan fingerprint density at radius 3 is 2.45 bits per heavy atom. The number of aromatic nitrogens is 1. The predicted octanol–water partition coefficient (Wildman–Crippen LogP) is 2.76. The van der Waals surface area contributed by atoms with Crippen molar-refractivity contribution in [2.45, 2.75) is 20.8 Å². The highest BCUT2D eigenvalue weighted by molar-refractivity contribution is 6.03. The fourth-order valence-corrected chi connectivity index (χ4v) is 2.82. The van der Waals surface area contributed by atoms with Gasteiger partial charge in [0.25, 0.3) is 0 Å². The van der Waals surface area contributed by atoms with Crippen LogP contribution in [0.25, 0.3) is 0 Å². The van der Waals surface area contributed by atoms with E-state index < -0.39 is 34.9 Å². The van der Waals surface area contributed by atoms with Crippen molar-refractivity contribution in [1.29, 1.82) is 0 Å². The number of rotatable bonds is 8. The first-order valence-electron chi connectivity index (χ1n) is 8.60. The van der Waals surface area contributed by atoms with Gasteiger partial charge < -0.3 is 19.2 Å². The zero-order valence-corrected chi connectivity index (χ0v) is 16.4. The van der Waals surface area contributed by atoms with Crippen LogP contribution in [-0.2, 0) is 9.47 Å². The molecule has 1 aromatic heterocycles. The number of carbonyl (C=O) groups is 3. The molecular formula is C19H20N2O8. The molecule has 0 radical (unpaired) electrons. The fourth-order valence-electron chi connectivity index (χ4n) is 2.82. The first-order chi connectivity index (χ1) is 13.7. The molecule has 154 valence electrons. The number of nitro benzene ring substituents is 1. The monoisotopic (exact) mass is 404 g/mol. The molecule has 0 atom stereocenters. The smallest absolute Gasteiger partial charge is 0.355 e. The standard InChI is InChI=1S/C19H20N2O8/c1-5-28-19(24)17-10(2)16(11(3)20-17)14(22)9-29-15-7-6-12(18(23)27-4)8-13(15)21(25)26/h6-8,20H,5,9H2,1-4H3. The molecule has 10 nitrogen and oxygen atoms in total. The highest BCUT2D eigenvalue weighted by Crippen LogP contribution is 2.29. The van der Waals surface area contributed by atoms with Gasteiger partial charge in [-0.2, -0.15) is 0 Å². The number of hydrogen-bond donors (Lipinski definition) is 1. The zero-order chi connectivity index (χ0) is 21.7. The predicted molar refractivity (Wildman–Crippen MR) is 100 cm³/mol. The SMILES string of the molecule is CCOC(=O)c1[nH]c(C)c(C(=O)COc2ccc(C(=O)OC)cc2[N+](=O)[O-])c1C. The van der Waals surface area contributed by atoms with Gasteiger partial charge in [-0.15, -0.1) is 0 Å². The van der Waals surface area contributed by atoms with Gasteiger partial charge >= 0.3 is 17.6 Å². The van der Waals surface area contributed by atoms with E-state index in [-0.39, 0.29) is 29.2 Å². The summed E-state index contributed by atoms with van der Waals surface area (Å²) in [6, 6.07) is 3.53. The summed E-state index contributed by atoms with van der Waals surface area (Å²) in [5.41, 5.74) is 0.785. The van der Waals surface area contributed by atoms with E-state index in [0.717, 1.165) is 13.2 Å². The van der Waals surface area contributed by atoms with E-state index in [2.05, 4.69) is 9.72 Å². The Kier molecular flexibility index (Phi) is 6.71. The van der Waals surface area contributed by atoms with Crippen LogP contribution in [0.5, 0.6) is 5.75 Å². The second-order valence-electron chi connectivity index (χ2n) is 5.99. The average Bonchev–Trinajstić information content (AvgIpc) is 2.99. The number of methoxy groups -OCH3 is 1. The number of esters is 2. The van der Waals surface area contributed by atoms with Crippen LogP contribution < -0.4 is 4.74 Å². The van der Waals surface area contributed by atoms with E-state index in [1.165, 1.54) is 12.1 Å². The number of ether oxygens (including phenoxy) is 3. The van der Waals surface area contributed by atoms with E-state index in [0.29, 0.717) is 11.3 Å². The molecule has 2 rings (SSSR count). The Hall–Kier alpha value is -3.69. The molecule has 0 aliphatic rings. The Morgan fingerprint density at radius 1 is 1.17 bits per heavy atom. The summed E-state index contributed by atoms with van der Waals surface area (Å²) < 4.78 is 14.8. The van der Waals surface area contributed by atoms with Crippen LogP contribution >= 0.6 is 0 Å². The lowest BCUT2D eigenvalue weighted by molar-refractivity contribution is -0.385. The van der Waals surface area contributed by atoms with Crippen LogP contribution in [0, 0.1) is 24.0 Å². The summed E-state index contributed by atoms with van der Waals surface area (Å²) in [7, 11) is 1.16. The third kappa shape index (κ3) is 4.60. The van der Waals surface area contributed by atoms with Gasteiger partial charge in [0, 0.05) is 17.3 Å². The van der Waals surface area contributed by atoms with Crippen molar-refractivity contribution >= 4 is 23.4 Å². The number of aromatic amines is 1. The maximum Gasteiger partial charge on any atom is 0.355 e. The van der Waals surface area contributed by atoms with Crippen molar-refractivity contribution in [3.8, 4) is 5.75 Å². The average molecular weight is 404 g/mol. The van der Waals surface area contributed by atoms with Crippen molar-refractivity contribution in [3.05, 3.63) is 56.4 Å².